The van der Waals surface area contributed by atoms with Crippen molar-refractivity contribution in [3.05, 3.63) is 94.0 Å². The summed E-state index contributed by atoms with van der Waals surface area (Å²) in [7, 11) is 0. The summed E-state index contributed by atoms with van der Waals surface area (Å²) in [5.41, 5.74) is 1.01. The Balaban J connectivity index is 1.49. The molecule has 0 bridgehead atoms. The first-order valence-corrected chi connectivity index (χ1v) is 10.9. The van der Waals surface area contributed by atoms with Crippen molar-refractivity contribution in [1.82, 2.24) is 9.97 Å². The zero-order chi connectivity index (χ0) is 23.6. The molecule has 2 aromatic carbocycles. The maximum Gasteiger partial charge on any atom is 0.296 e. The van der Waals surface area contributed by atoms with Crippen LogP contribution >= 0.6 is 15.9 Å². The summed E-state index contributed by atoms with van der Waals surface area (Å²) < 4.78 is 25.7. The molecule has 168 valence electrons. The van der Waals surface area contributed by atoms with Gasteiger partial charge in [0.1, 0.15) is 23.2 Å². The van der Waals surface area contributed by atoms with Crippen LogP contribution in [0, 0.1) is 5.82 Å². The number of hydrogen-bond acceptors (Lipinski definition) is 6. The number of nitrogens with zero attached hydrogens (tertiary/aromatic N) is 2. The number of H-pyrrole nitrogens is 1. The number of fused-ring (bicyclic) bond motifs is 2. The van der Waals surface area contributed by atoms with Crippen LogP contribution in [0.15, 0.2) is 85.5 Å². The first kappa shape index (κ1) is 20.4. The van der Waals surface area contributed by atoms with Crippen LogP contribution in [0.5, 0.6) is 0 Å². The van der Waals surface area contributed by atoms with E-state index in [2.05, 4.69) is 25.9 Å². The van der Waals surface area contributed by atoms with Gasteiger partial charge in [-0.05, 0) is 54.6 Å². The number of furan rings is 2. The van der Waals surface area contributed by atoms with E-state index in [1.54, 1.807) is 36.4 Å². The topological polar surface area (TPSA) is 113 Å². The summed E-state index contributed by atoms with van der Waals surface area (Å²) in [4.78, 5) is 35.1. The third-order valence-corrected chi connectivity index (χ3v) is 6.12. The zero-order valence-corrected chi connectivity index (χ0v) is 18.7. The minimum absolute atomic E-state index is 0.0230. The number of aromatic nitrogens is 2. The molecule has 0 aliphatic carbocycles. The van der Waals surface area contributed by atoms with E-state index in [9.17, 15) is 19.1 Å². The van der Waals surface area contributed by atoms with E-state index in [1.807, 2.05) is 0 Å². The SMILES string of the molecule is O=C(C1=C(O)C(=O)N(c2nc3ccc(F)cc3[nH]2)C1c1ccco1)c1cc2cc(Br)ccc2o1. The van der Waals surface area contributed by atoms with E-state index < -0.39 is 29.3 Å². The van der Waals surface area contributed by atoms with Crippen LogP contribution in [-0.2, 0) is 4.79 Å². The molecule has 0 saturated heterocycles. The van der Waals surface area contributed by atoms with E-state index in [1.165, 1.54) is 24.5 Å². The van der Waals surface area contributed by atoms with Gasteiger partial charge >= 0.3 is 0 Å². The molecule has 6 rings (SSSR count). The van der Waals surface area contributed by atoms with Gasteiger partial charge in [-0.2, -0.15) is 0 Å². The number of halogens is 2. The number of Topliss-reactive ketones (excluding diaryl/α,β-unsaturated/α-hetero) is 1. The second-order valence-electron chi connectivity index (χ2n) is 7.70. The second kappa shape index (κ2) is 7.42. The molecule has 5 aromatic rings. The molecular formula is C24H13BrFN3O5. The summed E-state index contributed by atoms with van der Waals surface area (Å²) in [6.07, 6.45) is 1.39. The van der Waals surface area contributed by atoms with Gasteiger partial charge < -0.3 is 18.9 Å². The molecule has 1 aliphatic heterocycles. The summed E-state index contributed by atoms with van der Waals surface area (Å²) in [5, 5.41) is 11.5. The van der Waals surface area contributed by atoms with Gasteiger partial charge in [-0.15, -0.1) is 0 Å². The van der Waals surface area contributed by atoms with Crippen molar-refractivity contribution in [2.75, 3.05) is 4.90 Å². The number of amides is 1. The monoisotopic (exact) mass is 521 g/mol. The highest BCUT2D eigenvalue weighted by Gasteiger charge is 2.48. The third kappa shape index (κ3) is 3.06. The smallest absolute Gasteiger partial charge is 0.296 e. The molecule has 0 saturated carbocycles. The Labute approximate surface area is 198 Å². The van der Waals surface area contributed by atoms with Crippen LogP contribution in [0.3, 0.4) is 0 Å². The average Bonchev–Trinajstić information content (AvgIpc) is 3.58. The van der Waals surface area contributed by atoms with Gasteiger partial charge in [0.15, 0.2) is 11.5 Å². The predicted octanol–water partition coefficient (Wildman–Crippen LogP) is 5.59. The first-order valence-electron chi connectivity index (χ1n) is 10.1. The highest BCUT2D eigenvalue weighted by atomic mass is 79.9. The predicted molar refractivity (Wildman–Crippen MR) is 123 cm³/mol. The van der Waals surface area contributed by atoms with Gasteiger partial charge in [0, 0.05) is 9.86 Å². The van der Waals surface area contributed by atoms with Gasteiger partial charge in [0.2, 0.25) is 11.7 Å². The molecule has 0 spiro atoms. The van der Waals surface area contributed by atoms with E-state index in [0.29, 0.717) is 22.0 Å². The minimum atomic E-state index is -1.12. The lowest BCUT2D eigenvalue weighted by atomic mass is 9.99. The summed E-state index contributed by atoms with van der Waals surface area (Å²) in [6, 6.07) is 12.8. The van der Waals surface area contributed by atoms with E-state index in [0.717, 1.165) is 9.37 Å². The van der Waals surface area contributed by atoms with Crippen LogP contribution in [-0.4, -0.2) is 26.8 Å². The van der Waals surface area contributed by atoms with Crippen LogP contribution in [0.1, 0.15) is 22.4 Å². The zero-order valence-electron chi connectivity index (χ0n) is 17.1. The molecule has 34 heavy (non-hydrogen) atoms. The van der Waals surface area contributed by atoms with Gasteiger partial charge in [0.05, 0.1) is 22.9 Å². The summed E-state index contributed by atoms with van der Waals surface area (Å²) in [5.74, 6) is -2.56. The van der Waals surface area contributed by atoms with Crippen LogP contribution < -0.4 is 4.90 Å². The molecule has 8 nitrogen and oxygen atoms in total. The van der Waals surface area contributed by atoms with E-state index in [-0.39, 0.29) is 23.0 Å². The Kier molecular flexibility index (Phi) is 4.46. The van der Waals surface area contributed by atoms with Crippen molar-refractivity contribution in [2.24, 2.45) is 0 Å². The fourth-order valence-electron chi connectivity index (χ4n) is 4.11. The molecule has 10 heteroatoms. The molecule has 0 fully saturated rings. The Morgan fingerprint density at radius 3 is 2.82 bits per heavy atom. The van der Waals surface area contributed by atoms with Gasteiger partial charge in [-0.3, -0.25) is 14.5 Å². The summed E-state index contributed by atoms with van der Waals surface area (Å²) >= 11 is 3.38. The normalized spacial score (nSPS) is 16.4. The third-order valence-electron chi connectivity index (χ3n) is 5.63. The highest BCUT2D eigenvalue weighted by Crippen LogP contribution is 2.42. The Morgan fingerprint density at radius 1 is 1.18 bits per heavy atom. The number of nitrogens with one attached hydrogen (secondary N) is 1. The lowest BCUT2D eigenvalue weighted by molar-refractivity contribution is -0.117. The molecule has 1 atom stereocenters. The second-order valence-corrected chi connectivity index (χ2v) is 8.61. The molecule has 1 aliphatic rings. The van der Waals surface area contributed by atoms with Crippen molar-refractivity contribution < 1.29 is 27.9 Å². The lowest BCUT2D eigenvalue weighted by Gasteiger charge is -2.21. The number of imidazole rings is 1. The lowest BCUT2D eigenvalue weighted by Crippen LogP contribution is -2.31. The molecule has 1 amide bonds. The fraction of sp³-hybridized carbons (Fsp3) is 0.0417. The van der Waals surface area contributed by atoms with Gasteiger partial charge in [-0.25, -0.2) is 9.37 Å². The van der Waals surface area contributed by atoms with E-state index in [4.69, 9.17) is 8.83 Å². The number of aliphatic hydroxyl groups is 1. The van der Waals surface area contributed by atoms with Crippen molar-refractivity contribution in [3.8, 4) is 0 Å². The van der Waals surface area contributed by atoms with Crippen molar-refractivity contribution in [3.63, 3.8) is 0 Å². The number of aromatic amines is 1. The highest BCUT2D eigenvalue weighted by molar-refractivity contribution is 9.10. The van der Waals surface area contributed by atoms with Gasteiger partial charge in [0.25, 0.3) is 5.91 Å². The molecule has 3 aromatic heterocycles. The fourth-order valence-corrected chi connectivity index (χ4v) is 4.49. The quantitative estimate of drug-likeness (QED) is 0.298. The largest absolute Gasteiger partial charge is 0.503 e. The number of rotatable bonds is 4. The van der Waals surface area contributed by atoms with Crippen LogP contribution in [0.25, 0.3) is 22.0 Å². The number of hydrogen-bond donors (Lipinski definition) is 2. The summed E-state index contributed by atoms with van der Waals surface area (Å²) in [6.45, 7) is 0. The maximum atomic E-state index is 13.7. The van der Waals surface area contributed by atoms with Crippen LogP contribution in [0.2, 0.25) is 0 Å². The molecule has 0 radical (unpaired) electrons. The van der Waals surface area contributed by atoms with E-state index >= 15 is 0 Å². The maximum absolute atomic E-state index is 13.7. The minimum Gasteiger partial charge on any atom is -0.503 e. The molecular weight excluding hydrogens is 509 g/mol. The Hall–Kier alpha value is -4.18. The number of anilines is 1. The van der Waals surface area contributed by atoms with Crippen molar-refractivity contribution in [2.45, 2.75) is 6.04 Å². The first-order chi connectivity index (χ1) is 16.4. The number of carbonyl (C=O) groups is 2. The molecule has 1 unspecified atom stereocenters. The Bertz CT molecular complexity index is 1650. The Morgan fingerprint density at radius 2 is 2.03 bits per heavy atom. The van der Waals surface area contributed by atoms with Crippen molar-refractivity contribution >= 4 is 55.6 Å². The standard InChI is InChI=1S/C24H13BrFN3O5/c25-12-3-6-16-11(8-12)9-18(34-16)21(30)19-20(17-2-1-7-33-17)29(23(32)22(19)31)24-27-14-5-4-13(26)10-15(14)28-24/h1-10,20,31H,(H,27,28). The van der Waals surface area contributed by atoms with Crippen molar-refractivity contribution in [1.29, 1.82) is 0 Å². The number of benzene rings is 2. The van der Waals surface area contributed by atoms with Gasteiger partial charge in [-0.1, -0.05) is 15.9 Å². The molecule has 2 N–H and O–H groups in total. The average molecular weight is 522 g/mol. The number of aliphatic hydroxyl groups excluding tert-OH is 1. The molecule has 4 heterocycles. The number of carbonyl (C=O) groups excluding carboxylic acids is 2. The van der Waals surface area contributed by atoms with Crippen LogP contribution in [0.4, 0.5) is 10.3 Å². The number of ketones is 1.